The zero-order valence-corrected chi connectivity index (χ0v) is 12.1. The Morgan fingerprint density at radius 3 is 2.59 bits per heavy atom. The molecule has 0 saturated carbocycles. The summed E-state index contributed by atoms with van der Waals surface area (Å²) in [6.07, 6.45) is 4.47. The highest BCUT2D eigenvalue weighted by Crippen LogP contribution is 2.33. The first-order chi connectivity index (χ1) is 7.88. The Kier molecular flexibility index (Phi) is 4.76. The van der Waals surface area contributed by atoms with Gasteiger partial charge in [0.15, 0.2) is 15.7 Å². The van der Waals surface area contributed by atoms with Gasteiger partial charge >= 0.3 is 0 Å². The molecule has 0 fully saturated rings. The van der Waals surface area contributed by atoms with Crippen LogP contribution in [0.3, 0.4) is 0 Å². The predicted octanol–water partition coefficient (Wildman–Crippen LogP) is 1.76. The van der Waals surface area contributed by atoms with E-state index in [1.54, 1.807) is 0 Å². The van der Waals surface area contributed by atoms with E-state index < -0.39 is 9.84 Å². The number of nitrogens with zero attached hydrogens (tertiary/aromatic N) is 2. The van der Waals surface area contributed by atoms with Crippen molar-refractivity contribution in [2.45, 2.75) is 31.1 Å². The van der Waals surface area contributed by atoms with Crippen molar-refractivity contribution in [1.82, 2.24) is 4.37 Å². The molecular weight excluding hydrogens is 258 g/mol. The second-order valence-electron chi connectivity index (χ2n) is 4.10. The second-order valence-corrected chi connectivity index (χ2v) is 6.81. The molecule has 0 aliphatic rings. The minimum atomic E-state index is -3.32. The van der Waals surface area contributed by atoms with E-state index in [-0.39, 0.29) is 10.7 Å². The Hall–Kier alpha value is -0.820. The number of sulfone groups is 1. The zero-order valence-electron chi connectivity index (χ0n) is 10.4. The maximum Gasteiger partial charge on any atom is 0.182 e. The number of aromatic nitrogens is 1. The van der Waals surface area contributed by atoms with Crippen molar-refractivity contribution in [1.29, 1.82) is 0 Å². The van der Waals surface area contributed by atoms with Crippen molar-refractivity contribution < 1.29 is 8.42 Å². The molecule has 1 heterocycles. The van der Waals surface area contributed by atoms with Gasteiger partial charge in [0.1, 0.15) is 9.90 Å². The molecule has 0 amide bonds. The molecule has 2 N–H and O–H groups in total. The number of hydrogen-bond donors (Lipinski definition) is 1. The second kappa shape index (κ2) is 5.68. The fraction of sp³-hybridized carbons (Fsp3) is 0.700. The largest absolute Gasteiger partial charge is 0.382 e. The van der Waals surface area contributed by atoms with Crippen LogP contribution in [0.2, 0.25) is 0 Å². The van der Waals surface area contributed by atoms with Gasteiger partial charge in [0.25, 0.3) is 0 Å². The molecule has 0 bridgehead atoms. The summed E-state index contributed by atoms with van der Waals surface area (Å²) in [4.78, 5) is 2.08. The lowest BCUT2D eigenvalue weighted by Crippen LogP contribution is -2.19. The molecular formula is C10H19N3O2S2. The summed E-state index contributed by atoms with van der Waals surface area (Å²) in [5.41, 5.74) is 5.61. The number of rotatable bonds is 6. The standard InChI is InChI=1S/C10H19N3O2S2/c1-4-5-6-7-13(2)10-8(17(3,14)15)9(11)12-16-10/h4-7H2,1-3H3,(H2,11,12). The van der Waals surface area contributed by atoms with Crippen LogP contribution in [0.25, 0.3) is 0 Å². The van der Waals surface area contributed by atoms with Gasteiger partial charge in [-0.25, -0.2) is 8.42 Å². The van der Waals surface area contributed by atoms with E-state index in [2.05, 4.69) is 11.3 Å². The molecule has 0 unspecified atom stereocenters. The summed E-state index contributed by atoms with van der Waals surface area (Å²) in [5, 5.41) is 0.640. The summed E-state index contributed by atoms with van der Waals surface area (Å²) in [5.74, 6) is 0.106. The van der Waals surface area contributed by atoms with Crippen molar-refractivity contribution in [2.24, 2.45) is 0 Å². The van der Waals surface area contributed by atoms with Gasteiger partial charge in [0, 0.05) is 19.8 Å². The van der Waals surface area contributed by atoms with E-state index in [1.165, 1.54) is 0 Å². The van der Waals surface area contributed by atoms with E-state index in [0.29, 0.717) is 5.00 Å². The number of anilines is 2. The Balaban J connectivity index is 2.91. The van der Waals surface area contributed by atoms with Crippen LogP contribution in [0, 0.1) is 0 Å². The van der Waals surface area contributed by atoms with E-state index >= 15 is 0 Å². The van der Waals surface area contributed by atoms with Crippen LogP contribution in [0.4, 0.5) is 10.8 Å². The monoisotopic (exact) mass is 277 g/mol. The number of unbranched alkanes of at least 4 members (excludes halogenated alkanes) is 2. The van der Waals surface area contributed by atoms with Crippen molar-refractivity contribution in [3.8, 4) is 0 Å². The van der Waals surface area contributed by atoms with Crippen LogP contribution in [-0.2, 0) is 9.84 Å². The van der Waals surface area contributed by atoms with Gasteiger partial charge in [0.05, 0.1) is 0 Å². The topological polar surface area (TPSA) is 76.3 Å². The van der Waals surface area contributed by atoms with Crippen LogP contribution in [0.15, 0.2) is 4.90 Å². The third kappa shape index (κ3) is 3.57. The van der Waals surface area contributed by atoms with E-state index in [4.69, 9.17) is 5.73 Å². The third-order valence-corrected chi connectivity index (χ3v) is 4.72. The minimum Gasteiger partial charge on any atom is -0.382 e. The molecule has 98 valence electrons. The minimum absolute atomic E-state index is 0.106. The fourth-order valence-corrected chi connectivity index (χ4v) is 3.79. The smallest absolute Gasteiger partial charge is 0.182 e. The van der Waals surface area contributed by atoms with Gasteiger partial charge in [-0.15, -0.1) is 0 Å². The Bertz CT molecular complexity index is 468. The Morgan fingerprint density at radius 2 is 2.06 bits per heavy atom. The van der Waals surface area contributed by atoms with Crippen molar-refractivity contribution in [2.75, 3.05) is 30.5 Å². The molecule has 17 heavy (non-hydrogen) atoms. The summed E-state index contributed by atoms with van der Waals surface area (Å²) in [7, 11) is -1.44. The highest BCUT2D eigenvalue weighted by Gasteiger charge is 2.23. The van der Waals surface area contributed by atoms with Crippen LogP contribution in [-0.4, -0.2) is 32.6 Å². The lowest BCUT2D eigenvalue weighted by atomic mass is 10.2. The summed E-state index contributed by atoms with van der Waals surface area (Å²) in [6, 6.07) is 0. The average molecular weight is 277 g/mol. The van der Waals surface area contributed by atoms with E-state index in [1.807, 2.05) is 11.9 Å². The molecule has 5 nitrogen and oxygen atoms in total. The third-order valence-electron chi connectivity index (χ3n) is 2.47. The highest BCUT2D eigenvalue weighted by atomic mass is 32.2. The maximum atomic E-state index is 11.6. The van der Waals surface area contributed by atoms with Crippen LogP contribution >= 0.6 is 11.5 Å². The van der Waals surface area contributed by atoms with Gasteiger partial charge in [-0.3, -0.25) is 0 Å². The molecule has 1 aromatic rings. The first kappa shape index (κ1) is 14.2. The molecule has 1 rings (SSSR count). The normalized spacial score (nSPS) is 11.7. The zero-order chi connectivity index (χ0) is 13.1. The van der Waals surface area contributed by atoms with Crippen LogP contribution in [0.5, 0.6) is 0 Å². The van der Waals surface area contributed by atoms with Crippen LogP contribution < -0.4 is 10.6 Å². The van der Waals surface area contributed by atoms with Gasteiger partial charge < -0.3 is 10.6 Å². The van der Waals surface area contributed by atoms with Gasteiger partial charge in [0.2, 0.25) is 0 Å². The molecule has 0 atom stereocenters. The predicted molar refractivity (Wildman–Crippen MR) is 72.4 cm³/mol. The molecule has 0 aliphatic carbocycles. The SMILES string of the molecule is CCCCCN(C)c1snc(N)c1S(C)(=O)=O. The molecule has 7 heteroatoms. The van der Waals surface area contributed by atoms with Crippen molar-refractivity contribution in [3.05, 3.63) is 0 Å². The van der Waals surface area contributed by atoms with E-state index in [9.17, 15) is 8.42 Å². The summed E-state index contributed by atoms with van der Waals surface area (Å²) in [6.45, 7) is 2.95. The quantitative estimate of drug-likeness (QED) is 0.802. The Labute approximate surface area is 107 Å². The molecule has 0 saturated heterocycles. The van der Waals surface area contributed by atoms with Crippen LogP contribution in [0.1, 0.15) is 26.2 Å². The molecule has 0 radical (unpaired) electrons. The average Bonchev–Trinajstić information content (AvgIpc) is 2.60. The van der Waals surface area contributed by atoms with Gasteiger partial charge in [-0.1, -0.05) is 19.8 Å². The lowest BCUT2D eigenvalue weighted by Gasteiger charge is -2.17. The van der Waals surface area contributed by atoms with Crippen molar-refractivity contribution in [3.63, 3.8) is 0 Å². The summed E-state index contributed by atoms with van der Waals surface area (Å²) >= 11 is 1.14. The lowest BCUT2D eigenvalue weighted by molar-refractivity contribution is 0.602. The van der Waals surface area contributed by atoms with E-state index in [0.717, 1.165) is 43.6 Å². The molecule has 0 spiro atoms. The molecule has 0 aliphatic heterocycles. The van der Waals surface area contributed by atoms with Crippen molar-refractivity contribution >= 4 is 32.2 Å². The fourth-order valence-electron chi connectivity index (χ4n) is 1.58. The van der Waals surface area contributed by atoms with Gasteiger partial charge in [-0.05, 0) is 18.0 Å². The highest BCUT2D eigenvalue weighted by molar-refractivity contribution is 7.91. The number of nitrogens with two attached hydrogens (primary N) is 1. The first-order valence-electron chi connectivity index (χ1n) is 5.54. The summed E-state index contributed by atoms with van der Waals surface area (Å²) < 4.78 is 27.2. The molecule has 1 aromatic heterocycles. The Morgan fingerprint density at radius 1 is 1.41 bits per heavy atom. The maximum absolute atomic E-state index is 11.6. The number of nitrogen functional groups attached to an aromatic ring is 1. The van der Waals surface area contributed by atoms with Gasteiger partial charge in [-0.2, -0.15) is 4.37 Å². The first-order valence-corrected chi connectivity index (χ1v) is 8.20. The molecule has 0 aromatic carbocycles. The number of hydrogen-bond acceptors (Lipinski definition) is 6.